The number of hydrogen-bond acceptors (Lipinski definition) is 1. The molecular weight excluding hydrogens is 136 g/mol. The molecule has 1 saturated carbocycles. The summed E-state index contributed by atoms with van der Waals surface area (Å²) >= 11 is 0. The van der Waals surface area contributed by atoms with E-state index in [1.54, 1.807) is 0 Å². The Morgan fingerprint density at radius 1 is 1.36 bits per heavy atom. The van der Waals surface area contributed by atoms with Gasteiger partial charge < -0.3 is 4.74 Å². The van der Waals surface area contributed by atoms with Crippen LogP contribution in [0.15, 0.2) is 0 Å². The molecule has 0 radical (unpaired) electrons. The van der Waals surface area contributed by atoms with Crippen molar-refractivity contribution in [3.8, 4) is 0 Å². The van der Waals surface area contributed by atoms with Gasteiger partial charge in [0.05, 0.1) is 6.61 Å². The molecule has 0 unspecified atom stereocenters. The summed E-state index contributed by atoms with van der Waals surface area (Å²) < 4.78 is 5.43. The zero-order valence-corrected chi connectivity index (χ0v) is 7.60. The third-order valence-corrected chi connectivity index (χ3v) is 3.52. The first-order chi connectivity index (χ1) is 5.22. The van der Waals surface area contributed by atoms with Crippen LogP contribution in [0.2, 0.25) is 0 Å². The van der Waals surface area contributed by atoms with Gasteiger partial charge in [0.2, 0.25) is 0 Å². The molecule has 64 valence electrons. The average Bonchev–Trinajstić information content (AvgIpc) is 2.29. The highest BCUT2D eigenvalue weighted by atomic mass is 16.5. The molecule has 1 nitrogen and oxygen atoms in total. The minimum Gasteiger partial charge on any atom is -0.381 e. The molecule has 1 aliphatic heterocycles. The van der Waals surface area contributed by atoms with Crippen LogP contribution in [0.3, 0.4) is 0 Å². The van der Waals surface area contributed by atoms with Crippen molar-refractivity contribution < 1.29 is 4.74 Å². The zero-order valence-electron chi connectivity index (χ0n) is 7.60. The second-order valence-electron chi connectivity index (χ2n) is 4.71. The van der Waals surface area contributed by atoms with Gasteiger partial charge in [-0.15, -0.1) is 0 Å². The highest BCUT2D eigenvalue weighted by Crippen LogP contribution is 2.53. The molecule has 2 aliphatic rings. The average molecular weight is 154 g/mol. The second kappa shape index (κ2) is 2.48. The summed E-state index contributed by atoms with van der Waals surface area (Å²) in [6, 6.07) is 0. The summed E-state index contributed by atoms with van der Waals surface area (Å²) in [5.41, 5.74) is 0.648. The van der Waals surface area contributed by atoms with Crippen LogP contribution in [0.5, 0.6) is 0 Å². The van der Waals surface area contributed by atoms with E-state index >= 15 is 0 Å². The fourth-order valence-corrected chi connectivity index (χ4v) is 2.50. The molecule has 1 heteroatoms. The smallest absolute Gasteiger partial charge is 0.0523 e. The van der Waals surface area contributed by atoms with E-state index in [2.05, 4.69) is 13.8 Å². The molecule has 0 atom stereocenters. The van der Waals surface area contributed by atoms with Crippen molar-refractivity contribution in [3.63, 3.8) is 0 Å². The predicted octanol–water partition coefficient (Wildman–Crippen LogP) is 2.46. The van der Waals surface area contributed by atoms with E-state index in [0.29, 0.717) is 5.41 Å². The molecule has 2 fully saturated rings. The maximum Gasteiger partial charge on any atom is 0.0523 e. The fraction of sp³-hybridized carbons (Fsp3) is 1.00. The topological polar surface area (TPSA) is 9.23 Å². The molecule has 1 spiro atoms. The van der Waals surface area contributed by atoms with Gasteiger partial charge in [-0.05, 0) is 36.5 Å². The van der Waals surface area contributed by atoms with Crippen molar-refractivity contribution in [3.05, 3.63) is 0 Å². The molecule has 0 bridgehead atoms. The standard InChI is InChI=1S/C10H18O/c1-8(2)9-5-10(6-9)3-4-11-7-10/h8-9H,3-7H2,1-2H3. The highest BCUT2D eigenvalue weighted by molar-refractivity contribution is 4.96. The van der Waals surface area contributed by atoms with Gasteiger partial charge in [0.15, 0.2) is 0 Å². The summed E-state index contributed by atoms with van der Waals surface area (Å²) in [7, 11) is 0. The van der Waals surface area contributed by atoms with Gasteiger partial charge in [-0.2, -0.15) is 0 Å². The molecule has 1 aliphatic carbocycles. The van der Waals surface area contributed by atoms with Crippen molar-refractivity contribution in [2.24, 2.45) is 17.3 Å². The highest BCUT2D eigenvalue weighted by Gasteiger charge is 2.47. The van der Waals surface area contributed by atoms with E-state index in [9.17, 15) is 0 Å². The molecule has 0 aromatic carbocycles. The van der Waals surface area contributed by atoms with Crippen LogP contribution in [0, 0.1) is 17.3 Å². The summed E-state index contributed by atoms with van der Waals surface area (Å²) in [6.45, 7) is 6.75. The molecule has 11 heavy (non-hydrogen) atoms. The molecule has 0 aromatic rings. The first-order valence-electron chi connectivity index (χ1n) is 4.80. The lowest BCUT2D eigenvalue weighted by Gasteiger charge is -2.46. The summed E-state index contributed by atoms with van der Waals surface area (Å²) in [6.07, 6.45) is 4.20. The maximum absolute atomic E-state index is 5.43. The number of rotatable bonds is 1. The van der Waals surface area contributed by atoms with Gasteiger partial charge in [0.25, 0.3) is 0 Å². The van der Waals surface area contributed by atoms with Crippen LogP contribution in [0.25, 0.3) is 0 Å². The first kappa shape index (κ1) is 7.60. The SMILES string of the molecule is CC(C)C1CC2(CCOC2)C1. The lowest BCUT2D eigenvalue weighted by atomic mass is 9.58. The Morgan fingerprint density at radius 3 is 2.55 bits per heavy atom. The Labute approximate surface area is 69.1 Å². The lowest BCUT2D eigenvalue weighted by Crippen LogP contribution is -2.39. The van der Waals surface area contributed by atoms with Crippen molar-refractivity contribution in [1.29, 1.82) is 0 Å². The Hall–Kier alpha value is -0.0400. The molecule has 2 rings (SSSR count). The Balaban J connectivity index is 1.86. The van der Waals surface area contributed by atoms with Crippen molar-refractivity contribution in [1.82, 2.24) is 0 Å². The number of ether oxygens (including phenoxy) is 1. The van der Waals surface area contributed by atoms with Crippen LogP contribution in [0.1, 0.15) is 33.1 Å². The van der Waals surface area contributed by atoms with Crippen LogP contribution in [0.4, 0.5) is 0 Å². The van der Waals surface area contributed by atoms with E-state index in [1.165, 1.54) is 19.3 Å². The first-order valence-corrected chi connectivity index (χ1v) is 4.80. The van der Waals surface area contributed by atoms with E-state index in [-0.39, 0.29) is 0 Å². The van der Waals surface area contributed by atoms with Gasteiger partial charge in [-0.3, -0.25) is 0 Å². The van der Waals surface area contributed by atoms with Gasteiger partial charge in [-0.25, -0.2) is 0 Å². The largest absolute Gasteiger partial charge is 0.381 e. The van der Waals surface area contributed by atoms with Crippen molar-refractivity contribution in [2.75, 3.05) is 13.2 Å². The van der Waals surface area contributed by atoms with Crippen molar-refractivity contribution >= 4 is 0 Å². The van der Waals surface area contributed by atoms with Crippen LogP contribution < -0.4 is 0 Å². The summed E-state index contributed by atoms with van der Waals surface area (Å²) in [4.78, 5) is 0. The van der Waals surface area contributed by atoms with Gasteiger partial charge in [-0.1, -0.05) is 13.8 Å². The Bertz CT molecular complexity index is 137. The maximum atomic E-state index is 5.43. The van der Waals surface area contributed by atoms with E-state index in [0.717, 1.165) is 25.0 Å². The molecule has 1 heterocycles. The quantitative estimate of drug-likeness (QED) is 0.563. The van der Waals surface area contributed by atoms with Gasteiger partial charge >= 0.3 is 0 Å². The second-order valence-corrected chi connectivity index (χ2v) is 4.71. The summed E-state index contributed by atoms with van der Waals surface area (Å²) in [5, 5.41) is 0. The van der Waals surface area contributed by atoms with Gasteiger partial charge in [0.1, 0.15) is 0 Å². The number of hydrogen-bond donors (Lipinski definition) is 0. The minimum atomic E-state index is 0.648. The molecule has 0 amide bonds. The van der Waals surface area contributed by atoms with E-state index < -0.39 is 0 Å². The normalized spacial score (nSPS) is 43.4. The lowest BCUT2D eigenvalue weighted by molar-refractivity contribution is 0.0147. The zero-order chi connectivity index (χ0) is 7.90. The Morgan fingerprint density at radius 2 is 2.09 bits per heavy atom. The van der Waals surface area contributed by atoms with Crippen molar-refractivity contribution in [2.45, 2.75) is 33.1 Å². The molecule has 1 saturated heterocycles. The molecule has 0 aromatic heterocycles. The van der Waals surface area contributed by atoms with E-state index in [1.807, 2.05) is 0 Å². The third-order valence-electron chi connectivity index (χ3n) is 3.52. The van der Waals surface area contributed by atoms with E-state index in [4.69, 9.17) is 4.74 Å². The fourth-order valence-electron chi connectivity index (χ4n) is 2.50. The van der Waals surface area contributed by atoms with Gasteiger partial charge in [0, 0.05) is 6.61 Å². The Kier molecular flexibility index (Phi) is 1.71. The van der Waals surface area contributed by atoms with Crippen LogP contribution in [-0.2, 0) is 4.74 Å². The third kappa shape index (κ3) is 1.20. The molecule has 0 N–H and O–H groups in total. The minimum absolute atomic E-state index is 0.648. The summed E-state index contributed by atoms with van der Waals surface area (Å²) in [5.74, 6) is 1.89. The van der Waals surface area contributed by atoms with Crippen LogP contribution in [-0.4, -0.2) is 13.2 Å². The molecular formula is C10H18O. The monoisotopic (exact) mass is 154 g/mol. The predicted molar refractivity (Wildman–Crippen MR) is 45.4 cm³/mol. The van der Waals surface area contributed by atoms with Crippen LogP contribution >= 0.6 is 0 Å².